The highest BCUT2D eigenvalue weighted by Gasteiger charge is 2.30. The van der Waals surface area contributed by atoms with Crippen molar-refractivity contribution < 1.29 is 0 Å². The number of hydrogen-bond donors (Lipinski definition) is 0. The van der Waals surface area contributed by atoms with Crippen molar-refractivity contribution >= 4 is 33.8 Å². The van der Waals surface area contributed by atoms with E-state index >= 15 is 0 Å². The summed E-state index contributed by atoms with van der Waals surface area (Å²) in [4.78, 5) is 16.1. The Morgan fingerprint density at radius 3 is 1.88 bits per heavy atom. The Morgan fingerprint density at radius 1 is 0.544 bits per heavy atom. The van der Waals surface area contributed by atoms with Crippen molar-refractivity contribution in [1.29, 1.82) is 0 Å². The molecule has 0 saturated heterocycles. The van der Waals surface area contributed by atoms with Gasteiger partial charge in [-0.1, -0.05) is 201 Å². The molecule has 2 aromatic heterocycles. The molecular weight excluding hydrogens is 825 g/mol. The van der Waals surface area contributed by atoms with Crippen LogP contribution in [-0.4, -0.2) is 19.5 Å². The van der Waals surface area contributed by atoms with E-state index in [1.165, 1.54) is 72.4 Å². The zero-order valence-electron chi connectivity index (χ0n) is 38.3. The summed E-state index contributed by atoms with van der Waals surface area (Å²) in [6.45, 7) is 2.32. The first-order chi connectivity index (χ1) is 33.6. The van der Waals surface area contributed by atoms with E-state index in [0.717, 1.165) is 48.8 Å². The summed E-state index contributed by atoms with van der Waals surface area (Å²) in [5.74, 6) is 2.98. The smallest absolute Gasteiger partial charge is 0.165 e. The Morgan fingerprint density at radius 2 is 1.21 bits per heavy atom. The molecule has 0 bridgehead atoms. The van der Waals surface area contributed by atoms with Gasteiger partial charge in [-0.3, -0.25) is 0 Å². The summed E-state index contributed by atoms with van der Waals surface area (Å²) >= 11 is 0. The fourth-order valence-electron chi connectivity index (χ4n) is 10.8. The number of fused-ring (bicyclic) bond motifs is 3. The van der Waals surface area contributed by atoms with Crippen molar-refractivity contribution in [3.63, 3.8) is 0 Å². The van der Waals surface area contributed by atoms with E-state index in [0.29, 0.717) is 29.3 Å². The first-order valence-corrected chi connectivity index (χ1v) is 24.3. The minimum atomic E-state index is 0.290. The Kier molecular flexibility index (Phi) is 11.0. The maximum absolute atomic E-state index is 5.45. The molecule has 4 aliphatic rings. The molecule has 0 amide bonds. The Balaban J connectivity index is 1.13. The summed E-state index contributed by atoms with van der Waals surface area (Å²) in [5.41, 5.74) is 18.1. The van der Waals surface area contributed by atoms with Crippen LogP contribution in [0.1, 0.15) is 66.7 Å². The van der Waals surface area contributed by atoms with Gasteiger partial charge in [0.25, 0.3) is 0 Å². The highest BCUT2D eigenvalue weighted by molar-refractivity contribution is 6.03. The van der Waals surface area contributed by atoms with E-state index < -0.39 is 0 Å². The quantitative estimate of drug-likeness (QED) is 0.145. The molecular formula is C64H52N4. The van der Waals surface area contributed by atoms with Crippen LogP contribution in [0.15, 0.2) is 218 Å². The molecule has 6 aromatic carbocycles. The van der Waals surface area contributed by atoms with Crippen LogP contribution in [0.5, 0.6) is 0 Å². The number of hydrogen-bond acceptors (Lipinski definition) is 3. The highest BCUT2D eigenvalue weighted by atomic mass is 15.1. The topological polar surface area (TPSA) is 43.6 Å². The van der Waals surface area contributed by atoms with Crippen molar-refractivity contribution in [3.05, 3.63) is 246 Å². The molecule has 2 heterocycles. The third kappa shape index (κ3) is 7.86. The van der Waals surface area contributed by atoms with Gasteiger partial charge in [-0.15, -0.1) is 0 Å². The maximum Gasteiger partial charge on any atom is 0.165 e. The second-order valence-electron chi connectivity index (χ2n) is 18.5. The number of benzene rings is 6. The minimum absolute atomic E-state index is 0.290. The summed E-state index contributed by atoms with van der Waals surface area (Å²) in [6, 6.07) is 56.6. The van der Waals surface area contributed by atoms with Crippen LogP contribution in [0.4, 0.5) is 0 Å². The van der Waals surface area contributed by atoms with Gasteiger partial charge in [0.15, 0.2) is 17.5 Å². The van der Waals surface area contributed by atoms with Crippen LogP contribution >= 0.6 is 0 Å². The van der Waals surface area contributed by atoms with Gasteiger partial charge < -0.3 is 4.57 Å². The molecule has 0 N–H and O–H groups in total. The zero-order chi connectivity index (χ0) is 45.4. The normalized spacial score (nSPS) is 18.7. The van der Waals surface area contributed by atoms with Gasteiger partial charge in [0.2, 0.25) is 0 Å². The molecule has 0 spiro atoms. The average Bonchev–Trinajstić information content (AvgIpc) is 3.74. The number of rotatable bonds is 9. The van der Waals surface area contributed by atoms with Gasteiger partial charge in [-0.05, 0) is 112 Å². The maximum atomic E-state index is 5.45. The molecule has 12 rings (SSSR count). The predicted octanol–water partition coefficient (Wildman–Crippen LogP) is 16.0. The third-order valence-electron chi connectivity index (χ3n) is 14.3. The molecule has 0 radical (unpaired) electrons. The lowest BCUT2D eigenvalue weighted by atomic mass is 9.80. The lowest BCUT2D eigenvalue weighted by molar-refractivity contribution is 0.635. The van der Waals surface area contributed by atoms with Crippen LogP contribution < -0.4 is 0 Å². The lowest BCUT2D eigenvalue weighted by Crippen LogP contribution is -2.13. The molecule has 4 aliphatic carbocycles. The summed E-state index contributed by atoms with van der Waals surface area (Å²) in [5, 5.41) is 1.30. The summed E-state index contributed by atoms with van der Waals surface area (Å²) in [7, 11) is 0. The molecule has 4 nitrogen and oxygen atoms in total. The highest BCUT2D eigenvalue weighted by Crippen LogP contribution is 2.46. The van der Waals surface area contributed by atoms with E-state index in [2.05, 4.69) is 218 Å². The first kappa shape index (κ1) is 41.5. The predicted molar refractivity (Wildman–Crippen MR) is 283 cm³/mol. The second kappa shape index (κ2) is 18.0. The fraction of sp³-hybridized carbons (Fsp3) is 0.141. The average molecular weight is 877 g/mol. The Labute approximate surface area is 399 Å². The third-order valence-corrected chi connectivity index (χ3v) is 14.3. The lowest BCUT2D eigenvalue weighted by Gasteiger charge is -2.27. The molecule has 3 atom stereocenters. The van der Waals surface area contributed by atoms with Crippen LogP contribution in [-0.2, 0) is 6.42 Å². The van der Waals surface area contributed by atoms with Crippen LogP contribution in [0.3, 0.4) is 0 Å². The van der Waals surface area contributed by atoms with Crippen molar-refractivity contribution in [2.24, 2.45) is 11.8 Å². The number of allylic oxidation sites excluding steroid dienone is 13. The molecule has 3 unspecified atom stereocenters. The Hall–Kier alpha value is -7.95. The van der Waals surface area contributed by atoms with Crippen LogP contribution in [0, 0.1) is 11.8 Å². The zero-order valence-corrected chi connectivity index (χ0v) is 38.3. The van der Waals surface area contributed by atoms with Gasteiger partial charge in [0.1, 0.15) is 0 Å². The molecule has 8 aromatic rings. The fourth-order valence-corrected chi connectivity index (χ4v) is 10.8. The van der Waals surface area contributed by atoms with E-state index in [-0.39, 0.29) is 5.92 Å². The van der Waals surface area contributed by atoms with E-state index in [1.807, 2.05) is 12.1 Å². The standard InChI is InChI=1S/C64H52N4/c1-43-19-17-18-30-53(43)51-31-35-54(46-24-11-4-12-25-46)55(41-51)52-34-38-61(58(42-52)64-66-62(47-26-13-5-14-27-47)65-63(67-64)48-28-15-6-16-29-48)68-59-36-32-49(44-20-7-2-8-21-44)39-56(59)57-40-50(33-37-60(57)68)45-22-9-3-10-23-45/h2,4-9,11-33,35-37,39,41-43,50,53H,3,10,34,38,40H2,1H3. The van der Waals surface area contributed by atoms with E-state index in [9.17, 15) is 0 Å². The van der Waals surface area contributed by atoms with Gasteiger partial charge in [-0.2, -0.15) is 0 Å². The van der Waals surface area contributed by atoms with Crippen molar-refractivity contribution in [2.75, 3.05) is 0 Å². The van der Waals surface area contributed by atoms with Crippen LogP contribution in [0.2, 0.25) is 0 Å². The molecule has 68 heavy (non-hydrogen) atoms. The SMILES string of the molecule is CC1C=CC=CC1c1ccc(-c2ccccc2)c(C2=CC(c3nc(-c4ccccc4)nc(-c4ccccc4)n3)=C(n3c4c(c5cc(-c6ccccc6)ccc53)CC(C3=CCCC=C3)C=C4)CC2)c1. The Bertz CT molecular complexity index is 3360. The number of aromatic nitrogens is 4. The van der Waals surface area contributed by atoms with E-state index in [4.69, 9.17) is 15.0 Å². The van der Waals surface area contributed by atoms with Gasteiger partial charge >= 0.3 is 0 Å². The largest absolute Gasteiger partial charge is 0.313 e. The molecule has 4 heteroatoms. The van der Waals surface area contributed by atoms with Gasteiger partial charge in [0, 0.05) is 45.3 Å². The molecule has 0 aliphatic heterocycles. The van der Waals surface area contributed by atoms with E-state index in [1.54, 1.807) is 0 Å². The van der Waals surface area contributed by atoms with Crippen molar-refractivity contribution in [3.8, 4) is 45.0 Å². The summed E-state index contributed by atoms with van der Waals surface area (Å²) < 4.78 is 2.56. The van der Waals surface area contributed by atoms with Gasteiger partial charge in [0.05, 0.1) is 5.52 Å². The second-order valence-corrected chi connectivity index (χ2v) is 18.5. The monoisotopic (exact) mass is 876 g/mol. The number of nitrogens with zero attached hydrogens (tertiary/aromatic N) is 4. The molecule has 0 saturated carbocycles. The first-order valence-electron chi connectivity index (χ1n) is 24.3. The summed E-state index contributed by atoms with van der Waals surface area (Å²) in [6.07, 6.45) is 28.2. The van der Waals surface area contributed by atoms with Crippen LogP contribution in [0.25, 0.3) is 78.9 Å². The molecule has 328 valence electrons. The minimum Gasteiger partial charge on any atom is -0.313 e. The van der Waals surface area contributed by atoms with Crippen molar-refractivity contribution in [1.82, 2.24) is 19.5 Å². The van der Waals surface area contributed by atoms with Gasteiger partial charge in [-0.25, -0.2) is 15.0 Å². The molecule has 0 fully saturated rings. The van der Waals surface area contributed by atoms with Crippen molar-refractivity contribution in [2.45, 2.75) is 44.9 Å².